The van der Waals surface area contributed by atoms with Crippen LogP contribution in [0.2, 0.25) is 0 Å². The first-order valence-electron chi connectivity index (χ1n) is 6.77. The molecule has 1 aliphatic heterocycles. The Morgan fingerprint density at radius 2 is 2.09 bits per heavy atom. The molecule has 0 N–H and O–H groups in total. The standard InChI is InChI=1S/C14H12F3N5O/c1-2-12(23)21-5-6-22-11(8-21)19-13(20-22)10-4-3-9(7-18-10)14(15,16)17/h2-4,7H,1,5-6,8H2. The first-order chi connectivity index (χ1) is 10.9. The lowest BCUT2D eigenvalue weighted by atomic mass is 10.2. The monoisotopic (exact) mass is 323 g/mol. The maximum atomic E-state index is 12.5. The van der Waals surface area contributed by atoms with Gasteiger partial charge in [-0.25, -0.2) is 9.67 Å². The van der Waals surface area contributed by atoms with Gasteiger partial charge in [0.05, 0.1) is 18.7 Å². The lowest BCUT2D eigenvalue weighted by Gasteiger charge is -2.25. The molecular weight excluding hydrogens is 311 g/mol. The summed E-state index contributed by atoms with van der Waals surface area (Å²) in [6.07, 6.45) is -2.45. The van der Waals surface area contributed by atoms with Crippen LogP contribution in [0.1, 0.15) is 11.4 Å². The van der Waals surface area contributed by atoms with Crippen LogP contribution in [0.4, 0.5) is 13.2 Å². The van der Waals surface area contributed by atoms with Crippen molar-refractivity contribution in [2.24, 2.45) is 0 Å². The number of nitrogens with zero attached hydrogens (tertiary/aromatic N) is 5. The number of rotatable bonds is 2. The van der Waals surface area contributed by atoms with Crippen LogP contribution in [0.15, 0.2) is 31.0 Å². The maximum absolute atomic E-state index is 12.5. The van der Waals surface area contributed by atoms with Gasteiger partial charge in [0, 0.05) is 12.7 Å². The van der Waals surface area contributed by atoms with Gasteiger partial charge in [-0.3, -0.25) is 9.78 Å². The van der Waals surface area contributed by atoms with Gasteiger partial charge in [-0.1, -0.05) is 6.58 Å². The number of amides is 1. The average molecular weight is 323 g/mol. The van der Waals surface area contributed by atoms with Crippen molar-refractivity contribution in [3.63, 3.8) is 0 Å². The van der Waals surface area contributed by atoms with Crippen molar-refractivity contribution in [1.82, 2.24) is 24.6 Å². The van der Waals surface area contributed by atoms with Crippen molar-refractivity contribution in [2.45, 2.75) is 19.3 Å². The fourth-order valence-corrected chi connectivity index (χ4v) is 2.26. The van der Waals surface area contributed by atoms with Crippen molar-refractivity contribution in [3.05, 3.63) is 42.4 Å². The van der Waals surface area contributed by atoms with Gasteiger partial charge in [0.1, 0.15) is 11.5 Å². The van der Waals surface area contributed by atoms with E-state index in [0.29, 0.717) is 18.9 Å². The van der Waals surface area contributed by atoms with Crippen molar-refractivity contribution in [2.75, 3.05) is 6.54 Å². The van der Waals surface area contributed by atoms with E-state index in [1.165, 1.54) is 12.1 Å². The summed E-state index contributed by atoms with van der Waals surface area (Å²) in [5, 5.41) is 4.23. The Balaban J connectivity index is 1.85. The van der Waals surface area contributed by atoms with Crippen LogP contribution < -0.4 is 0 Å². The molecule has 0 saturated heterocycles. The highest BCUT2D eigenvalue weighted by Gasteiger charge is 2.31. The van der Waals surface area contributed by atoms with E-state index < -0.39 is 11.7 Å². The normalized spacial score (nSPS) is 14.5. The first-order valence-corrected chi connectivity index (χ1v) is 6.77. The molecule has 0 saturated carbocycles. The molecular formula is C14H12F3N5O. The van der Waals surface area contributed by atoms with E-state index in [1.54, 1.807) is 9.58 Å². The van der Waals surface area contributed by atoms with Gasteiger partial charge >= 0.3 is 6.18 Å². The molecule has 0 aromatic carbocycles. The Labute approximate surface area is 129 Å². The van der Waals surface area contributed by atoms with Crippen LogP contribution in [-0.2, 0) is 24.1 Å². The number of alkyl halides is 3. The zero-order chi connectivity index (χ0) is 16.6. The van der Waals surface area contributed by atoms with Crippen LogP contribution in [0.5, 0.6) is 0 Å². The van der Waals surface area contributed by atoms with Gasteiger partial charge in [0.25, 0.3) is 0 Å². The minimum atomic E-state index is -4.43. The van der Waals surface area contributed by atoms with Crippen LogP contribution >= 0.6 is 0 Å². The predicted octanol–water partition coefficient (Wildman–Crippen LogP) is 1.89. The van der Waals surface area contributed by atoms with Crippen LogP contribution in [0.3, 0.4) is 0 Å². The van der Waals surface area contributed by atoms with E-state index in [4.69, 9.17) is 0 Å². The maximum Gasteiger partial charge on any atom is 0.417 e. The average Bonchev–Trinajstić information content (AvgIpc) is 2.96. The largest absolute Gasteiger partial charge is 0.417 e. The quantitative estimate of drug-likeness (QED) is 0.792. The number of fused-ring (bicyclic) bond motifs is 1. The Morgan fingerprint density at radius 1 is 1.30 bits per heavy atom. The van der Waals surface area contributed by atoms with Gasteiger partial charge in [0.2, 0.25) is 5.91 Å². The summed E-state index contributed by atoms with van der Waals surface area (Å²) in [4.78, 5) is 21.2. The molecule has 0 atom stereocenters. The topological polar surface area (TPSA) is 63.9 Å². The number of halogens is 3. The van der Waals surface area contributed by atoms with Gasteiger partial charge in [-0.2, -0.15) is 13.2 Å². The third kappa shape index (κ3) is 2.94. The highest BCUT2D eigenvalue weighted by Crippen LogP contribution is 2.29. The molecule has 0 aliphatic carbocycles. The molecule has 6 nitrogen and oxygen atoms in total. The Hall–Kier alpha value is -2.71. The number of carbonyl (C=O) groups excluding carboxylic acids is 1. The fraction of sp³-hybridized carbons (Fsp3) is 0.286. The smallest absolute Gasteiger partial charge is 0.330 e. The third-order valence-corrected chi connectivity index (χ3v) is 3.47. The number of carbonyl (C=O) groups is 1. The molecule has 2 aromatic rings. The Bertz CT molecular complexity index is 751. The van der Waals surface area contributed by atoms with Crippen LogP contribution in [0.25, 0.3) is 11.5 Å². The summed E-state index contributed by atoms with van der Waals surface area (Å²) in [6.45, 7) is 4.65. The van der Waals surface area contributed by atoms with E-state index in [-0.39, 0.29) is 24.0 Å². The molecule has 0 bridgehead atoms. The Morgan fingerprint density at radius 3 is 2.70 bits per heavy atom. The second-order valence-electron chi connectivity index (χ2n) is 4.97. The molecule has 3 heterocycles. The van der Waals surface area contributed by atoms with E-state index in [9.17, 15) is 18.0 Å². The van der Waals surface area contributed by atoms with E-state index in [1.807, 2.05) is 0 Å². The molecule has 9 heteroatoms. The minimum Gasteiger partial charge on any atom is -0.330 e. The number of aromatic nitrogens is 4. The molecule has 23 heavy (non-hydrogen) atoms. The number of pyridine rings is 1. The molecule has 3 rings (SSSR count). The van der Waals surface area contributed by atoms with E-state index in [2.05, 4.69) is 21.6 Å². The molecule has 2 aromatic heterocycles. The highest BCUT2D eigenvalue weighted by molar-refractivity contribution is 5.86. The molecule has 0 spiro atoms. The molecule has 0 unspecified atom stereocenters. The fourth-order valence-electron chi connectivity index (χ4n) is 2.26. The van der Waals surface area contributed by atoms with E-state index >= 15 is 0 Å². The van der Waals surface area contributed by atoms with Crippen molar-refractivity contribution < 1.29 is 18.0 Å². The molecule has 1 amide bonds. The zero-order valence-electron chi connectivity index (χ0n) is 11.9. The minimum absolute atomic E-state index is 0.201. The SMILES string of the molecule is C=CC(=O)N1CCn2nc(-c3ccc(C(F)(F)F)cn3)nc2C1. The molecule has 1 aliphatic rings. The Kier molecular flexibility index (Phi) is 3.63. The lowest BCUT2D eigenvalue weighted by molar-refractivity contribution is -0.137. The van der Waals surface area contributed by atoms with Gasteiger partial charge in [-0.05, 0) is 18.2 Å². The summed E-state index contributed by atoms with van der Waals surface area (Å²) in [6, 6.07) is 2.17. The van der Waals surface area contributed by atoms with Crippen molar-refractivity contribution in [3.8, 4) is 11.5 Å². The predicted molar refractivity (Wildman–Crippen MR) is 73.9 cm³/mol. The van der Waals surface area contributed by atoms with Gasteiger partial charge < -0.3 is 4.90 Å². The molecule has 120 valence electrons. The highest BCUT2D eigenvalue weighted by atomic mass is 19.4. The van der Waals surface area contributed by atoms with Crippen LogP contribution in [-0.4, -0.2) is 37.1 Å². The van der Waals surface area contributed by atoms with Gasteiger partial charge in [0.15, 0.2) is 5.82 Å². The summed E-state index contributed by atoms with van der Waals surface area (Å²) >= 11 is 0. The summed E-state index contributed by atoms with van der Waals surface area (Å²) in [5.41, 5.74) is -0.575. The van der Waals surface area contributed by atoms with E-state index in [0.717, 1.165) is 12.3 Å². The summed E-state index contributed by atoms with van der Waals surface area (Å²) in [5.74, 6) is 0.596. The van der Waals surface area contributed by atoms with Gasteiger partial charge in [-0.15, -0.1) is 5.10 Å². The summed E-state index contributed by atoms with van der Waals surface area (Å²) in [7, 11) is 0. The first kappa shape index (κ1) is 15.2. The second kappa shape index (κ2) is 5.49. The van der Waals surface area contributed by atoms with Crippen molar-refractivity contribution >= 4 is 5.91 Å². The molecule has 0 fully saturated rings. The third-order valence-electron chi connectivity index (χ3n) is 3.47. The zero-order valence-corrected chi connectivity index (χ0v) is 11.9. The molecule has 0 radical (unpaired) electrons. The van der Waals surface area contributed by atoms with Crippen LogP contribution in [0, 0.1) is 0 Å². The lowest BCUT2D eigenvalue weighted by Crippen LogP contribution is -2.37. The van der Waals surface area contributed by atoms with Crippen molar-refractivity contribution in [1.29, 1.82) is 0 Å². The number of hydrogen-bond acceptors (Lipinski definition) is 4. The summed E-state index contributed by atoms with van der Waals surface area (Å²) < 4.78 is 39.2. The second-order valence-corrected chi connectivity index (χ2v) is 4.97. The number of hydrogen-bond donors (Lipinski definition) is 0.